The standard InChI is InChI=1S/C22H21NO3/c24-16-21(25)20-8-4-5-15-23(20)22(26)19-13-11-18(12-14-19)10-9-17-6-2-1-3-7-17/h1-3,6-7,11-14,20,24H,4-5,8,15-16H2. The number of hydrogen-bond donors (Lipinski definition) is 1. The van der Waals surface area contributed by atoms with Crippen LogP contribution < -0.4 is 0 Å². The van der Waals surface area contributed by atoms with Crippen molar-refractivity contribution in [2.75, 3.05) is 13.2 Å². The molecule has 1 aliphatic heterocycles. The van der Waals surface area contributed by atoms with E-state index in [9.17, 15) is 9.59 Å². The number of aliphatic hydroxyl groups is 1. The molecular formula is C22H21NO3. The lowest BCUT2D eigenvalue weighted by atomic mass is 9.97. The Morgan fingerprint density at radius 2 is 1.62 bits per heavy atom. The Balaban J connectivity index is 1.74. The summed E-state index contributed by atoms with van der Waals surface area (Å²) in [6.45, 7) is 0.0211. The molecule has 3 rings (SSSR count). The van der Waals surface area contributed by atoms with Crippen LogP contribution >= 0.6 is 0 Å². The third-order valence-corrected chi connectivity index (χ3v) is 4.55. The van der Waals surface area contributed by atoms with Crippen LogP contribution in [0.4, 0.5) is 0 Å². The van der Waals surface area contributed by atoms with Gasteiger partial charge in [-0.15, -0.1) is 0 Å². The van der Waals surface area contributed by atoms with Gasteiger partial charge in [0.25, 0.3) is 5.91 Å². The van der Waals surface area contributed by atoms with E-state index in [4.69, 9.17) is 5.11 Å². The number of piperidine rings is 1. The summed E-state index contributed by atoms with van der Waals surface area (Å²) in [5.74, 6) is 5.71. The fraction of sp³-hybridized carbons (Fsp3) is 0.273. The Kier molecular flexibility index (Phi) is 5.83. The van der Waals surface area contributed by atoms with Gasteiger partial charge in [-0.25, -0.2) is 0 Å². The molecule has 2 aromatic rings. The summed E-state index contributed by atoms with van der Waals surface area (Å²) in [5, 5.41) is 9.14. The van der Waals surface area contributed by atoms with E-state index < -0.39 is 12.6 Å². The first-order valence-electron chi connectivity index (χ1n) is 8.81. The van der Waals surface area contributed by atoms with E-state index in [0.29, 0.717) is 18.5 Å². The van der Waals surface area contributed by atoms with E-state index in [1.54, 1.807) is 17.0 Å². The van der Waals surface area contributed by atoms with Gasteiger partial charge in [-0.2, -0.15) is 0 Å². The number of amides is 1. The van der Waals surface area contributed by atoms with Crippen LogP contribution in [0.1, 0.15) is 40.7 Å². The molecule has 26 heavy (non-hydrogen) atoms. The number of hydrogen-bond acceptors (Lipinski definition) is 3. The molecule has 4 heteroatoms. The average Bonchev–Trinajstić information content (AvgIpc) is 2.72. The monoisotopic (exact) mass is 347 g/mol. The van der Waals surface area contributed by atoms with Gasteiger partial charge < -0.3 is 10.0 Å². The minimum atomic E-state index is -0.525. The normalized spacial score (nSPS) is 16.5. The second kappa shape index (κ2) is 8.46. The largest absolute Gasteiger partial charge is 0.389 e. The fourth-order valence-electron chi connectivity index (χ4n) is 3.14. The molecule has 0 radical (unpaired) electrons. The number of aliphatic hydroxyl groups excluding tert-OH is 1. The van der Waals surface area contributed by atoms with Crippen molar-refractivity contribution in [1.82, 2.24) is 4.90 Å². The highest BCUT2D eigenvalue weighted by Gasteiger charge is 2.31. The number of carbonyl (C=O) groups is 2. The zero-order valence-corrected chi connectivity index (χ0v) is 14.5. The molecule has 0 aromatic heterocycles. The predicted octanol–water partition coefficient (Wildman–Crippen LogP) is 2.64. The lowest BCUT2D eigenvalue weighted by Crippen LogP contribution is -2.48. The SMILES string of the molecule is O=C(CO)C1CCCCN1C(=O)c1ccc(C#Cc2ccccc2)cc1. The Bertz CT molecular complexity index is 831. The molecule has 1 amide bonds. The lowest BCUT2D eigenvalue weighted by molar-refractivity contribution is -0.127. The molecular weight excluding hydrogens is 326 g/mol. The van der Waals surface area contributed by atoms with Crippen LogP contribution in [-0.4, -0.2) is 40.9 Å². The molecule has 1 saturated heterocycles. The number of Topliss-reactive ketones (excluding diaryl/α,β-unsaturated/α-hetero) is 1. The predicted molar refractivity (Wildman–Crippen MR) is 99.6 cm³/mol. The fourth-order valence-corrected chi connectivity index (χ4v) is 3.14. The van der Waals surface area contributed by atoms with Crippen molar-refractivity contribution >= 4 is 11.7 Å². The van der Waals surface area contributed by atoms with Gasteiger partial charge in [0.05, 0.1) is 6.04 Å². The Hall–Kier alpha value is -2.90. The van der Waals surface area contributed by atoms with Gasteiger partial charge in [0.2, 0.25) is 0 Å². The molecule has 0 spiro atoms. The third kappa shape index (κ3) is 4.19. The lowest BCUT2D eigenvalue weighted by Gasteiger charge is -2.34. The first-order chi connectivity index (χ1) is 12.7. The van der Waals surface area contributed by atoms with Gasteiger partial charge in [0, 0.05) is 23.2 Å². The van der Waals surface area contributed by atoms with Crippen molar-refractivity contribution in [3.05, 3.63) is 71.3 Å². The molecule has 1 N–H and O–H groups in total. The molecule has 0 saturated carbocycles. The number of carbonyl (C=O) groups excluding carboxylic acids is 2. The zero-order valence-electron chi connectivity index (χ0n) is 14.5. The van der Waals surface area contributed by atoms with Gasteiger partial charge >= 0.3 is 0 Å². The Morgan fingerprint density at radius 1 is 0.962 bits per heavy atom. The summed E-state index contributed by atoms with van der Waals surface area (Å²) in [5.41, 5.74) is 2.30. The average molecular weight is 347 g/mol. The van der Waals surface area contributed by atoms with Crippen LogP contribution in [0.5, 0.6) is 0 Å². The molecule has 1 atom stereocenters. The number of rotatable bonds is 3. The summed E-state index contributed by atoms with van der Waals surface area (Å²) < 4.78 is 0. The minimum Gasteiger partial charge on any atom is -0.389 e. The number of likely N-dealkylation sites (tertiary alicyclic amines) is 1. The molecule has 0 bridgehead atoms. The van der Waals surface area contributed by atoms with Crippen LogP contribution in [0.15, 0.2) is 54.6 Å². The number of benzene rings is 2. The van der Waals surface area contributed by atoms with Crippen molar-refractivity contribution in [2.45, 2.75) is 25.3 Å². The minimum absolute atomic E-state index is 0.168. The second-order valence-electron chi connectivity index (χ2n) is 6.33. The van der Waals surface area contributed by atoms with Crippen molar-refractivity contribution in [2.24, 2.45) is 0 Å². The Morgan fingerprint density at radius 3 is 2.27 bits per heavy atom. The van der Waals surface area contributed by atoms with Crippen molar-refractivity contribution < 1.29 is 14.7 Å². The summed E-state index contributed by atoms with van der Waals surface area (Å²) in [4.78, 5) is 26.3. The van der Waals surface area contributed by atoms with Crippen molar-refractivity contribution in [3.8, 4) is 11.8 Å². The first kappa shape index (κ1) is 17.9. The van der Waals surface area contributed by atoms with E-state index in [-0.39, 0.29) is 11.7 Å². The second-order valence-corrected chi connectivity index (χ2v) is 6.33. The molecule has 132 valence electrons. The van der Waals surface area contributed by atoms with Crippen LogP contribution in [0.2, 0.25) is 0 Å². The topological polar surface area (TPSA) is 57.6 Å². The maximum absolute atomic E-state index is 12.8. The summed E-state index contributed by atoms with van der Waals surface area (Å²) in [7, 11) is 0. The van der Waals surface area contributed by atoms with Gasteiger partial charge in [-0.1, -0.05) is 30.0 Å². The van der Waals surface area contributed by atoms with Crippen LogP contribution in [0, 0.1) is 11.8 Å². The zero-order chi connectivity index (χ0) is 18.4. The summed E-state index contributed by atoms with van der Waals surface area (Å²) in [6.07, 6.45) is 2.39. The number of nitrogens with zero attached hydrogens (tertiary/aromatic N) is 1. The Labute approximate surface area is 153 Å². The highest BCUT2D eigenvalue weighted by molar-refractivity contribution is 5.98. The van der Waals surface area contributed by atoms with E-state index in [0.717, 1.165) is 24.0 Å². The molecule has 4 nitrogen and oxygen atoms in total. The molecule has 2 aromatic carbocycles. The summed E-state index contributed by atoms with van der Waals surface area (Å²) in [6, 6.07) is 16.3. The van der Waals surface area contributed by atoms with Crippen LogP contribution in [0.25, 0.3) is 0 Å². The number of ketones is 1. The highest BCUT2D eigenvalue weighted by atomic mass is 16.3. The molecule has 1 heterocycles. The third-order valence-electron chi connectivity index (χ3n) is 4.55. The quantitative estimate of drug-likeness (QED) is 0.869. The molecule has 0 aliphatic carbocycles. The van der Waals surface area contributed by atoms with Gasteiger partial charge in [-0.3, -0.25) is 9.59 Å². The van der Waals surface area contributed by atoms with E-state index >= 15 is 0 Å². The summed E-state index contributed by atoms with van der Waals surface area (Å²) >= 11 is 0. The molecule has 1 aliphatic rings. The van der Waals surface area contributed by atoms with Crippen molar-refractivity contribution in [1.29, 1.82) is 0 Å². The van der Waals surface area contributed by atoms with E-state index in [1.165, 1.54) is 0 Å². The van der Waals surface area contributed by atoms with Crippen molar-refractivity contribution in [3.63, 3.8) is 0 Å². The smallest absolute Gasteiger partial charge is 0.254 e. The van der Waals surface area contributed by atoms with Crippen LogP contribution in [0.3, 0.4) is 0 Å². The van der Waals surface area contributed by atoms with Gasteiger partial charge in [-0.05, 0) is 55.7 Å². The maximum Gasteiger partial charge on any atom is 0.254 e. The van der Waals surface area contributed by atoms with Gasteiger partial charge in [0.1, 0.15) is 6.61 Å². The molecule has 1 fully saturated rings. The van der Waals surface area contributed by atoms with E-state index in [1.807, 2.05) is 42.5 Å². The first-order valence-corrected chi connectivity index (χ1v) is 8.81. The van der Waals surface area contributed by atoms with Gasteiger partial charge in [0.15, 0.2) is 5.78 Å². The maximum atomic E-state index is 12.8. The molecule has 1 unspecified atom stereocenters. The van der Waals surface area contributed by atoms with Crippen LogP contribution in [-0.2, 0) is 4.79 Å². The highest BCUT2D eigenvalue weighted by Crippen LogP contribution is 2.20. The van der Waals surface area contributed by atoms with E-state index in [2.05, 4.69) is 11.8 Å².